The zero-order valence-electron chi connectivity index (χ0n) is 9.49. The summed E-state index contributed by atoms with van der Waals surface area (Å²) < 4.78 is 4.91. The van der Waals surface area contributed by atoms with Crippen molar-refractivity contribution < 1.29 is 9.53 Å². The maximum absolute atomic E-state index is 11.3. The monoisotopic (exact) mass is 224 g/mol. The second-order valence-electron chi connectivity index (χ2n) is 3.15. The van der Waals surface area contributed by atoms with E-state index in [9.17, 15) is 4.79 Å². The molecule has 0 saturated heterocycles. The number of anilines is 1. The van der Waals surface area contributed by atoms with Gasteiger partial charge in [0, 0.05) is 6.54 Å². The van der Waals surface area contributed by atoms with Crippen LogP contribution in [-0.4, -0.2) is 36.1 Å². The zero-order valence-corrected chi connectivity index (χ0v) is 9.49. The molecule has 0 radical (unpaired) electrons. The van der Waals surface area contributed by atoms with Crippen LogP contribution in [0.3, 0.4) is 0 Å². The summed E-state index contributed by atoms with van der Waals surface area (Å²) in [5.41, 5.74) is 0. The minimum Gasteiger partial charge on any atom is -0.480 e. The molecule has 88 valence electrons. The molecule has 1 aromatic heterocycles. The Balaban J connectivity index is 2.38. The molecule has 1 rings (SSSR count). The number of aromatic nitrogens is 2. The summed E-state index contributed by atoms with van der Waals surface area (Å²) in [6.45, 7) is 2.87. The third-order valence-electron chi connectivity index (χ3n) is 1.82. The Labute approximate surface area is 94.4 Å². The topological polar surface area (TPSA) is 76.1 Å². The van der Waals surface area contributed by atoms with Crippen molar-refractivity contribution in [1.82, 2.24) is 15.3 Å². The number of carbonyl (C=O) groups is 1. The number of methoxy groups -OCH3 is 1. The van der Waals surface area contributed by atoms with E-state index in [0.717, 1.165) is 6.42 Å². The van der Waals surface area contributed by atoms with Crippen LogP contribution in [0.25, 0.3) is 0 Å². The van der Waals surface area contributed by atoms with Crippen LogP contribution in [0.5, 0.6) is 5.88 Å². The highest BCUT2D eigenvalue weighted by atomic mass is 16.5. The number of hydrogen-bond donors (Lipinski definition) is 2. The first-order valence-electron chi connectivity index (χ1n) is 5.13. The Kier molecular flexibility index (Phi) is 5.04. The van der Waals surface area contributed by atoms with Crippen molar-refractivity contribution in [3.05, 3.63) is 12.4 Å². The average Bonchev–Trinajstić information content (AvgIpc) is 2.34. The largest absolute Gasteiger partial charge is 0.480 e. The quantitative estimate of drug-likeness (QED) is 0.732. The van der Waals surface area contributed by atoms with E-state index in [1.807, 2.05) is 6.92 Å². The molecule has 0 aliphatic heterocycles. The van der Waals surface area contributed by atoms with Crippen LogP contribution in [0.1, 0.15) is 13.3 Å². The molecule has 0 atom stereocenters. The minimum atomic E-state index is -0.0635. The third kappa shape index (κ3) is 4.12. The highest BCUT2D eigenvalue weighted by molar-refractivity contribution is 5.80. The van der Waals surface area contributed by atoms with E-state index in [1.165, 1.54) is 19.5 Å². The summed E-state index contributed by atoms with van der Waals surface area (Å²) in [6, 6.07) is 0. The van der Waals surface area contributed by atoms with E-state index in [2.05, 4.69) is 20.6 Å². The van der Waals surface area contributed by atoms with Crippen LogP contribution >= 0.6 is 0 Å². The predicted octanol–water partition coefficient (Wildman–Crippen LogP) is 0.423. The van der Waals surface area contributed by atoms with Gasteiger partial charge in [-0.1, -0.05) is 6.92 Å². The summed E-state index contributed by atoms with van der Waals surface area (Å²) in [6.07, 6.45) is 3.96. The molecule has 0 bridgehead atoms. The Morgan fingerprint density at radius 2 is 2.31 bits per heavy atom. The first kappa shape index (κ1) is 12.2. The summed E-state index contributed by atoms with van der Waals surface area (Å²) in [5.74, 6) is 0.872. The number of amides is 1. The van der Waals surface area contributed by atoms with E-state index in [-0.39, 0.29) is 12.5 Å². The first-order chi connectivity index (χ1) is 7.76. The Morgan fingerprint density at radius 1 is 1.50 bits per heavy atom. The van der Waals surface area contributed by atoms with Gasteiger partial charge < -0.3 is 15.4 Å². The molecule has 0 fully saturated rings. The van der Waals surface area contributed by atoms with Gasteiger partial charge in [0.15, 0.2) is 0 Å². The van der Waals surface area contributed by atoms with Crippen molar-refractivity contribution in [3.63, 3.8) is 0 Å². The van der Waals surface area contributed by atoms with Gasteiger partial charge in [0.05, 0.1) is 26.0 Å². The highest BCUT2D eigenvalue weighted by Crippen LogP contribution is 2.07. The van der Waals surface area contributed by atoms with Crippen LogP contribution in [0.2, 0.25) is 0 Å². The number of hydrogen-bond acceptors (Lipinski definition) is 5. The molecule has 1 aromatic rings. The van der Waals surface area contributed by atoms with Crippen LogP contribution in [0, 0.1) is 0 Å². The van der Waals surface area contributed by atoms with Gasteiger partial charge in [0.2, 0.25) is 11.8 Å². The van der Waals surface area contributed by atoms with E-state index >= 15 is 0 Å². The van der Waals surface area contributed by atoms with Crippen LogP contribution in [0.4, 0.5) is 5.82 Å². The molecule has 0 unspecified atom stereocenters. The second kappa shape index (κ2) is 6.60. The molecule has 0 aliphatic rings. The molecule has 16 heavy (non-hydrogen) atoms. The van der Waals surface area contributed by atoms with Gasteiger partial charge in [-0.15, -0.1) is 0 Å². The molecule has 0 spiro atoms. The normalized spacial score (nSPS) is 9.62. The fourth-order valence-corrected chi connectivity index (χ4v) is 1.03. The zero-order chi connectivity index (χ0) is 11.8. The lowest BCUT2D eigenvalue weighted by Crippen LogP contribution is -2.30. The van der Waals surface area contributed by atoms with Gasteiger partial charge >= 0.3 is 0 Å². The van der Waals surface area contributed by atoms with Gasteiger partial charge in [-0.3, -0.25) is 9.78 Å². The predicted molar refractivity (Wildman–Crippen MR) is 60.4 cm³/mol. The molecule has 0 aromatic carbocycles. The van der Waals surface area contributed by atoms with E-state index in [4.69, 9.17) is 4.74 Å². The standard InChI is InChI=1S/C10H16N4O2/c1-3-4-12-9(15)6-13-8-5-11-7-10(14-8)16-2/h5,7H,3-4,6H2,1-2H3,(H,12,15)(H,13,14). The van der Waals surface area contributed by atoms with Gasteiger partial charge in [-0.2, -0.15) is 4.98 Å². The highest BCUT2D eigenvalue weighted by Gasteiger charge is 2.01. The molecule has 2 N–H and O–H groups in total. The van der Waals surface area contributed by atoms with Gasteiger partial charge in [-0.05, 0) is 6.42 Å². The molecule has 6 nitrogen and oxygen atoms in total. The lowest BCUT2D eigenvalue weighted by atomic mass is 10.4. The van der Waals surface area contributed by atoms with Crippen molar-refractivity contribution in [1.29, 1.82) is 0 Å². The molecule has 1 amide bonds. The SMILES string of the molecule is CCCNC(=O)CNc1cncc(OC)n1. The Morgan fingerprint density at radius 3 is 3.00 bits per heavy atom. The van der Waals surface area contributed by atoms with Crippen molar-refractivity contribution >= 4 is 11.7 Å². The van der Waals surface area contributed by atoms with Crippen molar-refractivity contribution in [2.45, 2.75) is 13.3 Å². The fraction of sp³-hybridized carbons (Fsp3) is 0.500. The van der Waals surface area contributed by atoms with Crippen molar-refractivity contribution in [3.8, 4) is 5.88 Å². The number of nitrogens with zero attached hydrogens (tertiary/aromatic N) is 2. The van der Waals surface area contributed by atoms with Gasteiger partial charge in [0.25, 0.3) is 0 Å². The molecular formula is C10H16N4O2. The lowest BCUT2D eigenvalue weighted by molar-refractivity contribution is -0.119. The van der Waals surface area contributed by atoms with Crippen LogP contribution in [-0.2, 0) is 4.79 Å². The maximum atomic E-state index is 11.3. The Hall–Kier alpha value is -1.85. The number of nitrogens with one attached hydrogen (secondary N) is 2. The second-order valence-corrected chi connectivity index (χ2v) is 3.15. The number of carbonyl (C=O) groups excluding carboxylic acids is 1. The van der Waals surface area contributed by atoms with E-state index < -0.39 is 0 Å². The fourth-order valence-electron chi connectivity index (χ4n) is 1.03. The number of rotatable bonds is 6. The summed E-state index contributed by atoms with van der Waals surface area (Å²) in [7, 11) is 1.52. The number of ether oxygens (including phenoxy) is 1. The molecule has 6 heteroatoms. The average molecular weight is 224 g/mol. The van der Waals surface area contributed by atoms with Gasteiger partial charge in [0.1, 0.15) is 5.82 Å². The summed E-state index contributed by atoms with van der Waals surface area (Å²) in [5, 5.41) is 5.61. The van der Waals surface area contributed by atoms with Crippen molar-refractivity contribution in [2.24, 2.45) is 0 Å². The third-order valence-corrected chi connectivity index (χ3v) is 1.82. The summed E-state index contributed by atoms with van der Waals surface area (Å²) in [4.78, 5) is 19.3. The van der Waals surface area contributed by atoms with Gasteiger partial charge in [-0.25, -0.2) is 0 Å². The molecule has 0 saturated carbocycles. The smallest absolute Gasteiger partial charge is 0.239 e. The molecule has 0 aliphatic carbocycles. The molecule has 1 heterocycles. The maximum Gasteiger partial charge on any atom is 0.239 e. The minimum absolute atomic E-state index is 0.0635. The first-order valence-corrected chi connectivity index (χ1v) is 5.13. The van der Waals surface area contributed by atoms with Crippen molar-refractivity contribution in [2.75, 3.05) is 25.5 Å². The Bertz CT molecular complexity index is 343. The summed E-state index contributed by atoms with van der Waals surface area (Å²) >= 11 is 0. The van der Waals surface area contributed by atoms with E-state index in [1.54, 1.807) is 0 Å². The lowest BCUT2D eigenvalue weighted by Gasteiger charge is -2.06. The van der Waals surface area contributed by atoms with E-state index in [0.29, 0.717) is 18.2 Å². The van der Waals surface area contributed by atoms with Crippen LogP contribution in [0.15, 0.2) is 12.4 Å². The van der Waals surface area contributed by atoms with Crippen LogP contribution < -0.4 is 15.4 Å². The molecular weight excluding hydrogens is 208 g/mol.